The number of aryl methyl sites for hydroxylation is 1. The first kappa shape index (κ1) is 12.2. The molecule has 0 spiro atoms. The molecule has 3 rings (SSSR count). The van der Waals surface area contributed by atoms with Gasteiger partial charge in [-0.1, -0.05) is 12.1 Å². The Kier molecular flexibility index (Phi) is 3.99. The summed E-state index contributed by atoms with van der Waals surface area (Å²) in [4.78, 5) is 0. The smallest absolute Gasteiger partial charge is 0.142 e. The lowest BCUT2D eigenvalue weighted by Crippen LogP contribution is -2.20. The number of hydrogen-bond donors (Lipinski definition) is 1. The Hall–Kier alpha value is -0.830. The van der Waals surface area contributed by atoms with Crippen LogP contribution in [0.15, 0.2) is 18.2 Å². The maximum Gasteiger partial charge on any atom is 0.142 e. The van der Waals surface area contributed by atoms with E-state index in [2.05, 4.69) is 35.3 Å². The molecule has 0 bridgehead atoms. The average molecular weight is 263 g/mol. The van der Waals surface area contributed by atoms with Crippen LogP contribution in [0.5, 0.6) is 5.75 Å². The van der Waals surface area contributed by atoms with Gasteiger partial charge >= 0.3 is 0 Å². The van der Waals surface area contributed by atoms with Crippen LogP contribution in [-0.4, -0.2) is 24.7 Å². The standard InChI is InChI=1S/C15H21NOS/c1-5-13-6-2-8-16-15(13)14(7-1)17-10-12-4-3-9-18-11-12/h1,5,7,12,16H,2-4,6,8-11H2. The Morgan fingerprint density at radius 2 is 2.33 bits per heavy atom. The molecule has 2 aliphatic rings. The van der Waals surface area contributed by atoms with Crippen molar-refractivity contribution in [2.24, 2.45) is 5.92 Å². The van der Waals surface area contributed by atoms with E-state index in [0.717, 1.165) is 24.8 Å². The molecule has 18 heavy (non-hydrogen) atoms. The molecule has 98 valence electrons. The second-order valence-corrected chi connectivity index (χ2v) is 6.36. The first-order valence-electron chi connectivity index (χ1n) is 7.00. The van der Waals surface area contributed by atoms with Crippen LogP contribution in [0.4, 0.5) is 5.69 Å². The van der Waals surface area contributed by atoms with Crippen molar-refractivity contribution in [3.63, 3.8) is 0 Å². The van der Waals surface area contributed by atoms with Crippen molar-refractivity contribution in [3.05, 3.63) is 23.8 Å². The van der Waals surface area contributed by atoms with Gasteiger partial charge in [0, 0.05) is 12.5 Å². The molecule has 2 nitrogen and oxygen atoms in total. The van der Waals surface area contributed by atoms with E-state index in [4.69, 9.17) is 4.74 Å². The number of nitrogens with one attached hydrogen (secondary N) is 1. The summed E-state index contributed by atoms with van der Waals surface area (Å²) in [6, 6.07) is 6.44. The SMILES string of the molecule is c1cc2c(c(OCC3CCCSC3)c1)NCCC2. The molecule has 0 radical (unpaired) electrons. The summed E-state index contributed by atoms with van der Waals surface area (Å²) in [5, 5.41) is 3.49. The molecule has 1 aromatic rings. The van der Waals surface area contributed by atoms with E-state index in [1.807, 2.05) is 0 Å². The van der Waals surface area contributed by atoms with E-state index in [9.17, 15) is 0 Å². The zero-order valence-electron chi connectivity index (χ0n) is 10.8. The van der Waals surface area contributed by atoms with E-state index in [-0.39, 0.29) is 0 Å². The number of thioether (sulfide) groups is 1. The fraction of sp³-hybridized carbons (Fsp3) is 0.600. The molecule has 2 heterocycles. The van der Waals surface area contributed by atoms with Crippen molar-refractivity contribution < 1.29 is 4.74 Å². The van der Waals surface area contributed by atoms with Gasteiger partial charge in [-0.2, -0.15) is 11.8 Å². The van der Waals surface area contributed by atoms with Crippen LogP contribution in [-0.2, 0) is 6.42 Å². The van der Waals surface area contributed by atoms with Gasteiger partial charge in [0.1, 0.15) is 5.75 Å². The third-order valence-corrected chi connectivity index (χ3v) is 5.05. The van der Waals surface area contributed by atoms with Crippen LogP contribution in [0.3, 0.4) is 0 Å². The topological polar surface area (TPSA) is 21.3 Å². The molecular weight excluding hydrogens is 242 g/mol. The molecular formula is C15H21NOS. The number of anilines is 1. The number of fused-ring (bicyclic) bond motifs is 1. The lowest BCUT2D eigenvalue weighted by molar-refractivity contribution is 0.253. The summed E-state index contributed by atoms with van der Waals surface area (Å²) in [6.07, 6.45) is 5.09. The number of para-hydroxylation sites is 1. The van der Waals surface area contributed by atoms with Crippen LogP contribution in [0.2, 0.25) is 0 Å². The van der Waals surface area contributed by atoms with Gasteiger partial charge in [0.05, 0.1) is 12.3 Å². The van der Waals surface area contributed by atoms with E-state index >= 15 is 0 Å². The molecule has 1 atom stereocenters. The van der Waals surface area contributed by atoms with Gasteiger partial charge in [0.15, 0.2) is 0 Å². The molecule has 1 fully saturated rings. The van der Waals surface area contributed by atoms with Crippen LogP contribution in [0.1, 0.15) is 24.8 Å². The maximum atomic E-state index is 6.07. The Morgan fingerprint density at radius 1 is 1.33 bits per heavy atom. The van der Waals surface area contributed by atoms with E-state index in [0.29, 0.717) is 0 Å². The van der Waals surface area contributed by atoms with E-state index in [1.54, 1.807) is 0 Å². The molecule has 2 aliphatic heterocycles. The molecule has 0 aromatic heterocycles. The third-order valence-electron chi connectivity index (χ3n) is 3.77. The first-order chi connectivity index (χ1) is 8.93. The van der Waals surface area contributed by atoms with Crippen molar-refractivity contribution in [3.8, 4) is 5.75 Å². The molecule has 0 aliphatic carbocycles. The van der Waals surface area contributed by atoms with Crippen molar-refractivity contribution in [2.75, 3.05) is 30.0 Å². The number of ether oxygens (including phenoxy) is 1. The Balaban J connectivity index is 1.65. The summed E-state index contributed by atoms with van der Waals surface area (Å²) >= 11 is 2.07. The van der Waals surface area contributed by atoms with Gasteiger partial charge in [0.2, 0.25) is 0 Å². The van der Waals surface area contributed by atoms with Crippen molar-refractivity contribution in [1.29, 1.82) is 0 Å². The van der Waals surface area contributed by atoms with E-state index < -0.39 is 0 Å². The molecule has 0 saturated carbocycles. The van der Waals surface area contributed by atoms with Gasteiger partial charge in [-0.15, -0.1) is 0 Å². The minimum Gasteiger partial charge on any atom is -0.491 e. The largest absolute Gasteiger partial charge is 0.491 e. The molecule has 0 amide bonds. The van der Waals surface area contributed by atoms with Crippen molar-refractivity contribution in [2.45, 2.75) is 25.7 Å². The summed E-state index contributed by atoms with van der Waals surface area (Å²) < 4.78 is 6.07. The Morgan fingerprint density at radius 3 is 3.22 bits per heavy atom. The fourth-order valence-electron chi connectivity index (χ4n) is 2.74. The highest BCUT2D eigenvalue weighted by molar-refractivity contribution is 7.99. The summed E-state index contributed by atoms with van der Waals surface area (Å²) in [5.41, 5.74) is 2.66. The highest BCUT2D eigenvalue weighted by Crippen LogP contribution is 2.33. The normalized spacial score (nSPS) is 23.0. The molecule has 1 aromatic carbocycles. The maximum absolute atomic E-state index is 6.07. The second-order valence-electron chi connectivity index (χ2n) is 5.21. The lowest BCUT2D eigenvalue weighted by Gasteiger charge is -2.24. The van der Waals surface area contributed by atoms with E-state index in [1.165, 1.54) is 48.4 Å². The number of rotatable bonds is 3. The minimum absolute atomic E-state index is 0.739. The summed E-state index contributed by atoms with van der Waals surface area (Å²) in [7, 11) is 0. The van der Waals surface area contributed by atoms with Gasteiger partial charge in [-0.25, -0.2) is 0 Å². The van der Waals surface area contributed by atoms with Crippen molar-refractivity contribution >= 4 is 17.4 Å². The number of benzene rings is 1. The quantitative estimate of drug-likeness (QED) is 0.901. The highest BCUT2D eigenvalue weighted by Gasteiger charge is 2.17. The van der Waals surface area contributed by atoms with Crippen molar-refractivity contribution in [1.82, 2.24) is 0 Å². The van der Waals surface area contributed by atoms with Gasteiger partial charge < -0.3 is 10.1 Å². The Bertz CT molecular complexity index is 401. The molecule has 1 saturated heterocycles. The Labute approximate surface area is 113 Å². The second kappa shape index (κ2) is 5.87. The predicted octanol–water partition coefficient (Wildman–Crippen LogP) is 3.57. The fourth-order valence-corrected chi connectivity index (χ4v) is 3.88. The van der Waals surface area contributed by atoms with Gasteiger partial charge in [-0.3, -0.25) is 0 Å². The zero-order valence-corrected chi connectivity index (χ0v) is 11.6. The van der Waals surface area contributed by atoms with Crippen LogP contribution in [0, 0.1) is 5.92 Å². The molecule has 3 heteroatoms. The van der Waals surface area contributed by atoms with Gasteiger partial charge in [0.25, 0.3) is 0 Å². The predicted molar refractivity (Wildman–Crippen MR) is 78.8 cm³/mol. The number of hydrogen-bond acceptors (Lipinski definition) is 3. The monoisotopic (exact) mass is 263 g/mol. The minimum atomic E-state index is 0.739. The summed E-state index contributed by atoms with van der Waals surface area (Å²) in [6.45, 7) is 1.96. The van der Waals surface area contributed by atoms with Crippen LogP contribution in [0.25, 0.3) is 0 Å². The average Bonchev–Trinajstić information content (AvgIpc) is 2.46. The summed E-state index contributed by atoms with van der Waals surface area (Å²) in [5.74, 6) is 4.40. The molecule has 1 unspecified atom stereocenters. The van der Waals surface area contributed by atoms with Gasteiger partial charge in [-0.05, 0) is 48.8 Å². The first-order valence-corrected chi connectivity index (χ1v) is 8.15. The zero-order chi connectivity index (χ0) is 12.2. The highest BCUT2D eigenvalue weighted by atomic mass is 32.2. The van der Waals surface area contributed by atoms with Crippen LogP contribution < -0.4 is 10.1 Å². The molecule has 1 N–H and O–H groups in total. The third kappa shape index (κ3) is 2.77. The lowest BCUT2D eigenvalue weighted by atomic mass is 10.0. The van der Waals surface area contributed by atoms with Crippen LogP contribution >= 0.6 is 11.8 Å².